The van der Waals surface area contributed by atoms with Gasteiger partial charge in [0, 0.05) is 22.5 Å². The topological polar surface area (TPSA) is 79.5 Å². The molecule has 3 aromatic rings. The van der Waals surface area contributed by atoms with Gasteiger partial charge in [0.2, 0.25) is 0 Å². The van der Waals surface area contributed by atoms with Gasteiger partial charge < -0.3 is 15.4 Å². The Balaban J connectivity index is 1.61. The molecule has 3 rings (SSSR count). The normalized spacial score (nSPS) is 10.4. The minimum Gasteiger partial charge on any atom is -0.491 e. The quantitative estimate of drug-likeness (QED) is 0.455. The summed E-state index contributed by atoms with van der Waals surface area (Å²) in [5.41, 5.74) is 3.18. The van der Waals surface area contributed by atoms with Gasteiger partial charge >= 0.3 is 0 Å². The highest BCUT2D eigenvalue weighted by molar-refractivity contribution is 7.80. The average molecular weight is 448 g/mol. The number of carbonyl (C=O) groups is 2. The Kier molecular flexibility index (Phi) is 7.57. The van der Waals surface area contributed by atoms with Crippen molar-refractivity contribution < 1.29 is 14.3 Å². The molecule has 7 heteroatoms. The number of rotatable bonds is 6. The second-order valence-electron chi connectivity index (χ2n) is 7.45. The van der Waals surface area contributed by atoms with E-state index < -0.39 is 0 Å². The summed E-state index contributed by atoms with van der Waals surface area (Å²) < 4.78 is 5.63. The minimum absolute atomic E-state index is 0.00891. The summed E-state index contributed by atoms with van der Waals surface area (Å²) in [4.78, 5) is 25.1. The standard InChI is InChI=1S/C25H25N3O3S/c1-16(2)31-21-12-6-9-18(14-21)23(29)28-25(32)27-20-11-7-10-19(15-20)26-24(30)22-13-5-4-8-17(22)3/h4-16H,1-3H3,(H,26,30)(H2,27,28,29,32). The van der Waals surface area contributed by atoms with Crippen molar-refractivity contribution in [1.29, 1.82) is 0 Å². The molecule has 0 fully saturated rings. The molecule has 6 nitrogen and oxygen atoms in total. The Labute approximate surface area is 193 Å². The van der Waals surface area contributed by atoms with Crippen molar-refractivity contribution in [3.63, 3.8) is 0 Å². The van der Waals surface area contributed by atoms with E-state index in [1.807, 2.05) is 39.0 Å². The highest BCUT2D eigenvalue weighted by Gasteiger charge is 2.11. The zero-order valence-electron chi connectivity index (χ0n) is 18.1. The van der Waals surface area contributed by atoms with E-state index in [1.54, 1.807) is 54.6 Å². The first-order chi connectivity index (χ1) is 15.3. The number of hydrogen-bond donors (Lipinski definition) is 3. The fourth-order valence-electron chi connectivity index (χ4n) is 3.02. The predicted octanol–water partition coefficient (Wildman–Crippen LogP) is 5.16. The summed E-state index contributed by atoms with van der Waals surface area (Å²) in [6, 6.07) is 21.4. The highest BCUT2D eigenvalue weighted by atomic mass is 32.1. The summed E-state index contributed by atoms with van der Waals surface area (Å²) in [6.45, 7) is 5.73. The van der Waals surface area contributed by atoms with E-state index in [1.165, 1.54) is 0 Å². The zero-order valence-corrected chi connectivity index (χ0v) is 19.0. The van der Waals surface area contributed by atoms with Crippen LogP contribution in [0, 0.1) is 6.92 Å². The maximum atomic E-state index is 12.5. The SMILES string of the molecule is Cc1ccccc1C(=O)Nc1cccc(NC(=S)NC(=O)c2cccc(OC(C)C)c2)c1. The number of carbonyl (C=O) groups excluding carboxylic acids is 2. The van der Waals surface area contributed by atoms with Gasteiger partial charge in [0.1, 0.15) is 5.75 Å². The number of nitrogens with one attached hydrogen (secondary N) is 3. The number of ether oxygens (including phenoxy) is 1. The van der Waals surface area contributed by atoms with Crippen molar-refractivity contribution >= 4 is 40.5 Å². The Morgan fingerprint density at radius 3 is 2.25 bits per heavy atom. The van der Waals surface area contributed by atoms with Gasteiger partial charge in [-0.1, -0.05) is 30.3 Å². The van der Waals surface area contributed by atoms with Crippen LogP contribution in [-0.4, -0.2) is 23.0 Å². The monoisotopic (exact) mass is 447 g/mol. The summed E-state index contributed by atoms with van der Waals surface area (Å²) in [7, 11) is 0. The van der Waals surface area contributed by atoms with Gasteiger partial charge in [-0.2, -0.15) is 0 Å². The van der Waals surface area contributed by atoms with Crippen molar-refractivity contribution in [3.05, 3.63) is 89.5 Å². The molecule has 0 heterocycles. The zero-order chi connectivity index (χ0) is 23.1. The van der Waals surface area contributed by atoms with Crippen molar-refractivity contribution in [2.75, 3.05) is 10.6 Å². The largest absolute Gasteiger partial charge is 0.491 e. The van der Waals surface area contributed by atoms with Crippen LogP contribution in [0.15, 0.2) is 72.8 Å². The molecule has 3 aromatic carbocycles. The van der Waals surface area contributed by atoms with Gasteiger partial charge in [0.15, 0.2) is 5.11 Å². The molecule has 0 unspecified atom stereocenters. The molecule has 2 amide bonds. The first-order valence-electron chi connectivity index (χ1n) is 10.2. The first kappa shape index (κ1) is 23.0. The van der Waals surface area contributed by atoms with Crippen LogP contribution in [0.4, 0.5) is 11.4 Å². The lowest BCUT2D eigenvalue weighted by atomic mass is 10.1. The Hall–Kier alpha value is -3.71. The molecule has 0 saturated heterocycles. The molecule has 0 saturated carbocycles. The minimum atomic E-state index is -0.347. The molecular formula is C25H25N3O3S. The Morgan fingerprint density at radius 1 is 0.844 bits per heavy atom. The molecule has 164 valence electrons. The van der Waals surface area contributed by atoms with E-state index in [4.69, 9.17) is 17.0 Å². The molecule has 0 aliphatic rings. The van der Waals surface area contributed by atoms with Crippen molar-refractivity contribution in [3.8, 4) is 5.75 Å². The second-order valence-corrected chi connectivity index (χ2v) is 7.86. The molecule has 32 heavy (non-hydrogen) atoms. The second kappa shape index (κ2) is 10.5. The van der Waals surface area contributed by atoms with Crippen LogP contribution in [0.5, 0.6) is 5.75 Å². The Morgan fingerprint density at radius 2 is 1.53 bits per heavy atom. The molecule has 0 bridgehead atoms. The van der Waals surface area contributed by atoms with E-state index >= 15 is 0 Å². The molecule has 0 aliphatic heterocycles. The maximum Gasteiger partial charge on any atom is 0.257 e. The number of amides is 2. The van der Waals surface area contributed by atoms with E-state index in [-0.39, 0.29) is 23.0 Å². The molecule has 0 atom stereocenters. The van der Waals surface area contributed by atoms with Gasteiger partial charge in [0.25, 0.3) is 11.8 Å². The number of aryl methyl sites for hydroxylation is 1. The molecule has 0 aliphatic carbocycles. The average Bonchev–Trinajstić information content (AvgIpc) is 2.74. The van der Waals surface area contributed by atoms with Gasteiger partial charge in [-0.05, 0) is 81.0 Å². The molecular weight excluding hydrogens is 422 g/mol. The van der Waals surface area contributed by atoms with E-state index in [9.17, 15) is 9.59 Å². The fourth-order valence-corrected chi connectivity index (χ4v) is 3.23. The third-order valence-corrected chi connectivity index (χ3v) is 4.67. The summed E-state index contributed by atoms with van der Waals surface area (Å²) in [6.07, 6.45) is 0.00891. The Bertz CT molecular complexity index is 1140. The van der Waals surface area contributed by atoms with Crippen LogP contribution >= 0.6 is 12.2 Å². The fraction of sp³-hybridized carbons (Fsp3) is 0.160. The van der Waals surface area contributed by atoms with Crippen LogP contribution < -0.4 is 20.7 Å². The van der Waals surface area contributed by atoms with Gasteiger partial charge in [-0.3, -0.25) is 14.9 Å². The molecule has 0 aromatic heterocycles. The number of anilines is 2. The van der Waals surface area contributed by atoms with Gasteiger partial charge in [-0.15, -0.1) is 0 Å². The van der Waals surface area contributed by atoms with Crippen molar-refractivity contribution in [2.45, 2.75) is 26.9 Å². The van der Waals surface area contributed by atoms with Crippen LogP contribution in [0.3, 0.4) is 0 Å². The van der Waals surface area contributed by atoms with Crippen LogP contribution in [0.25, 0.3) is 0 Å². The number of benzene rings is 3. The van der Waals surface area contributed by atoms with Gasteiger partial charge in [-0.25, -0.2) is 0 Å². The van der Waals surface area contributed by atoms with E-state index in [0.717, 1.165) is 5.56 Å². The third kappa shape index (κ3) is 6.39. The maximum absolute atomic E-state index is 12.5. The summed E-state index contributed by atoms with van der Waals surface area (Å²) >= 11 is 5.28. The third-order valence-electron chi connectivity index (χ3n) is 4.46. The highest BCUT2D eigenvalue weighted by Crippen LogP contribution is 2.18. The molecule has 0 spiro atoms. The van der Waals surface area contributed by atoms with Crippen LogP contribution in [-0.2, 0) is 0 Å². The molecule has 3 N–H and O–H groups in total. The van der Waals surface area contributed by atoms with Gasteiger partial charge in [0.05, 0.1) is 6.10 Å². The molecule has 0 radical (unpaired) electrons. The smallest absolute Gasteiger partial charge is 0.257 e. The lowest BCUT2D eigenvalue weighted by Gasteiger charge is -2.13. The van der Waals surface area contributed by atoms with Crippen LogP contribution in [0.2, 0.25) is 0 Å². The lowest BCUT2D eigenvalue weighted by molar-refractivity contribution is 0.0975. The number of thiocarbonyl (C=S) groups is 1. The first-order valence-corrected chi connectivity index (χ1v) is 10.6. The van der Waals surface area contributed by atoms with E-state index in [0.29, 0.717) is 28.3 Å². The van der Waals surface area contributed by atoms with Crippen LogP contribution in [0.1, 0.15) is 40.1 Å². The lowest BCUT2D eigenvalue weighted by Crippen LogP contribution is -2.34. The van der Waals surface area contributed by atoms with Crippen molar-refractivity contribution in [1.82, 2.24) is 5.32 Å². The van der Waals surface area contributed by atoms with Crippen molar-refractivity contribution in [2.24, 2.45) is 0 Å². The number of hydrogen-bond acceptors (Lipinski definition) is 4. The summed E-state index contributed by atoms with van der Waals surface area (Å²) in [5.74, 6) is 0.0731. The predicted molar refractivity (Wildman–Crippen MR) is 131 cm³/mol. The summed E-state index contributed by atoms with van der Waals surface area (Å²) in [5, 5.41) is 8.65. The van der Waals surface area contributed by atoms with E-state index in [2.05, 4.69) is 16.0 Å².